The van der Waals surface area contributed by atoms with Crippen molar-refractivity contribution in [1.29, 1.82) is 0 Å². The number of thiophene rings is 1. The molecule has 1 heterocycles. The number of nitrogens with two attached hydrogens (primary N) is 1. The van der Waals surface area contributed by atoms with Crippen molar-refractivity contribution < 1.29 is 8.42 Å². The number of sulfonamides is 1. The van der Waals surface area contributed by atoms with Crippen LogP contribution in [-0.4, -0.2) is 8.42 Å². The van der Waals surface area contributed by atoms with Crippen molar-refractivity contribution >= 4 is 21.4 Å². The number of hydrogen-bond donors (Lipinski definition) is 1. The van der Waals surface area contributed by atoms with E-state index in [4.69, 9.17) is 5.14 Å². The second-order valence-electron chi connectivity index (χ2n) is 3.05. The molecular formula is C10H9NO2S2. The van der Waals surface area contributed by atoms with Crippen LogP contribution in [0.1, 0.15) is 0 Å². The fraction of sp³-hybridized carbons (Fsp3) is 0. The highest BCUT2D eigenvalue weighted by atomic mass is 32.2. The third kappa shape index (κ3) is 2.09. The standard InChI is InChI=1S/C10H9NO2S2/c11-15(12,13)10-4-2-1-3-9(10)8-5-6-14-7-8/h1-7H,(H2,11,12,13). The SMILES string of the molecule is NS(=O)(=O)c1ccccc1-c1ccsc1. The third-order valence-corrected chi connectivity index (χ3v) is 3.68. The van der Waals surface area contributed by atoms with Crippen molar-refractivity contribution in [2.24, 2.45) is 5.14 Å². The lowest BCUT2D eigenvalue weighted by Gasteiger charge is -2.04. The monoisotopic (exact) mass is 239 g/mol. The first-order valence-corrected chi connectivity index (χ1v) is 6.72. The molecule has 0 spiro atoms. The van der Waals surface area contributed by atoms with Crippen molar-refractivity contribution in [3.63, 3.8) is 0 Å². The first-order chi connectivity index (χ1) is 7.09. The molecule has 0 radical (unpaired) electrons. The summed E-state index contributed by atoms with van der Waals surface area (Å²) in [7, 11) is -3.65. The van der Waals surface area contributed by atoms with Crippen molar-refractivity contribution in [3.05, 3.63) is 41.1 Å². The molecule has 0 saturated carbocycles. The predicted molar refractivity (Wildman–Crippen MR) is 61.1 cm³/mol. The molecule has 15 heavy (non-hydrogen) atoms. The van der Waals surface area contributed by atoms with E-state index in [-0.39, 0.29) is 4.90 Å². The van der Waals surface area contributed by atoms with Gasteiger partial charge in [0.2, 0.25) is 10.0 Å². The number of primary sulfonamides is 1. The van der Waals surface area contributed by atoms with E-state index in [1.54, 1.807) is 18.2 Å². The van der Waals surface area contributed by atoms with E-state index in [2.05, 4.69) is 0 Å². The van der Waals surface area contributed by atoms with Gasteiger partial charge in [-0.1, -0.05) is 18.2 Å². The molecule has 0 amide bonds. The van der Waals surface area contributed by atoms with Gasteiger partial charge in [0.25, 0.3) is 0 Å². The van der Waals surface area contributed by atoms with Crippen LogP contribution in [-0.2, 0) is 10.0 Å². The van der Waals surface area contributed by atoms with Crippen molar-refractivity contribution in [1.82, 2.24) is 0 Å². The van der Waals surface area contributed by atoms with Crippen LogP contribution in [0.25, 0.3) is 11.1 Å². The molecule has 1 aromatic heterocycles. The van der Waals surface area contributed by atoms with Crippen LogP contribution >= 0.6 is 11.3 Å². The van der Waals surface area contributed by atoms with Crippen LogP contribution in [0.3, 0.4) is 0 Å². The fourth-order valence-electron chi connectivity index (χ4n) is 1.37. The Morgan fingerprint density at radius 1 is 1.13 bits per heavy atom. The molecule has 0 fully saturated rings. The van der Waals surface area contributed by atoms with Gasteiger partial charge in [-0.25, -0.2) is 13.6 Å². The van der Waals surface area contributed by atoms with E-state index in [0.717, 1.165) is 5.56 Å². The van der Waals surface area contributed by atoms with Crippen LogP contribution in [0, 0.1) is 0 Å². The third-order valence-electron chi connectivity index (χ3n) is 2.03. The van der Waals surface area contributed by atoms with Gasteiger partial charge >= 0.3 is 0 Å². The average molecular weight is 239 g/mol. The molecule has 78 valence electrons. The van der Waals surface area contributed by atoms with Gasteiger partial charge in [-0.05, 0) is 28.5 Å². The van der Waals surface area contributed by atoms with E-state index >= 15 is 0 Å². The van der Waals surface area contributed by atoms with Crippen LogP contribution < -0.4 is 5.14 Å². The van der Waals surface area contributed by atoms with E-state index in [0.29, 0.717) is 5.56 Å². The Morgan fingerprint density at radius 2 is 1.87 bits per heavy atom. The van der Waals surface area contributed by atoms with E-state index in [1.165, 1.54) is 17.4 Å². The van der Waals surface area contributed by atoms with Gasteiger partial charge in [0.15, 0.2) is 0 Å². The second kappa shape index (κ2) is 3.77. The van der Waals surface area contributed by atoms with Crippen LogP contribution in [0.2, 0.25) is 0 Å². The lowest BCUT2D eigenvalue weighted by atomic mass is 10.1. The summed E-state index contributed by atoms with van der Waals surface area (Å²) in [6, 6.07) is 8.59. The Hall–Kier alpha value is -1.17. The molecule has 0 unspecified atom stereocenters. The van der Waals surface area contributed by atoms with Gasteiger partial charge in [-0.15, -0.1) is 0 Å². The predicted octanol–water partition coefficient (Wildman–Crippen LogP) is 2.06. The van der Waals surface area contributed by atoms with Crippen molar-refractivity contribution in [2.45, 2.75) is 4.90 Å². The summed E-state index contributed by atoms with van der Waals surface area (Å²) in [5, 5.41) is 8.93. The maximum absolute atomic E-state index is 11.3. The molecule has 2 rings (SSSR count). The smallest absolute Gasteiger partial charge is 0.225 e. The Kier molecular flexibility index (Phi) is 2.60. The Bertz CT molecular complexity index is 559. The molecular weight excluding hydrogens is 230 g/mol. The highest BCUT2D eigenvalue weighted by Gasteiger charge is 2.14. The molecule has 0 atom stereocenters. The maximum atomic E-state index is 11.3. The van der Waals surface area contributed by atoms with Crippen LogP contribution in [0.15, 0.2) is 46.0 Å². The normalized spacial score (nSPS) is 11.5. The van der Waals surface area contributed by atoms with Crippen molar-refractivity contribution in [2.75, 3.05) is 0 Å². The molecule has 0 saturated heterocycles. The molecule has 3 nitrogen and oxygen atoms in total. The number of benzene rings is 1. The zero-order valence-corrected chi connectivity index (χ0v) is 9.38. The minimum atomic E-state index is -3.65. The molecule has 0 aliphatic rings. The quantitative estimate of drug-likeness (QED) is 0.872. The zero-order chi connectivity index (χ0) is 10.9. The lowest BCUT2D eigenvalue weighted by molar-refractivity contribution is 0.598. The largest absolute Gasteiger partial charge is 0.238 e. The summed E-state index contributed by atoms with van der Waals surface area (Å²) in [5.41, 5.74) is 1.53. The fourth-order valence-corrected chi connectivity index (χ4v) is 2.79. The van der Waals surface area contributed by atoms with Gasteiger partial charge in [-0.2, -0.15) is 11.3 Å². The Balaban J connectivity index is 2.68. The van der Waals surface area contributed by atoms with Crippen molar-refractivity contribution in [3.8, 4) is 11.1 Å². The van der Waals surface area contributed by atoms with E-state index < -0.39 is 10.0 Å². The van der Waals surface area contributed by atoms with Gasteiger partial charge < -0.3 is 0 Å². The minimum Gasteiger partial charge on any atom is -0.225 e. The van der Waals surface area contributed by atoms with Gasteiger partial charge in [-0.3, -0.25) is 0 Å². The Labute approximate surface area is 92.2 Å². The summed E-state index contributed by atoms with van der Waals surface area (Å²) in [4.78, 5) is 0.170. The molecule has 2 N–H and O–H groups in total. The summed E-state index contributed by atoms with van der Waals surface area (Å²) in [6.45, 7) is 0. The zero-order valence-electron chi connectivity index (χ0n) is 7.75. The highest BCUT2D eigenvalue weighted by molar-refractivity contribution is 7.89. The number of rotatable bonds is 2. The minimum absolute atomic E-state index is 0.170. The molecule has 2 aromatic rings. The summed E-state index contributed by atoms with van der Waals surface area (Å²) in [5.74, 6) is 0. The second-order valence-corrected chi connectivity index (χ2v) is 5.36. The molecule has 5 heteroatoms. The summed E-state index contributed by atoms with van der Waals surface area (Å²) >= 11 is 1.52. The molecule has 0 aliphatic carbocycles. The van der Waals surface area contributed by atoms with E-state index in [1.807, 2.05) is 16.8 Å². The maximum Gasteiger partial charge on any atom is 0.238 e. The molecule has 0 bridgehead atoms. The molecule has 0 aliphatic heterocycles. The summed E-state index contributed by atoms with van der Waals surface area (Å²) < 4.78 is 22.7. The topological polar surface area (TPSA) is 60.2 Å². The van der Waals surface area contributed by atoms with Gasteiger partial charge in [0.1, 0.15) is 0 Å². The Morgan fingerprint density at radius 3 is 2.47 bits per heavy atom. The van der Waals surface area contributed by atoms with Crippen LogP contribution in [0.4, 0.5) is 0 Å². The first-order valence-electron chi connectivity index (χ1n) is 4.23. The number of hydrogen-bond acceptors (Lipinski definition) is 3. The van der Waals surface area contributed by atoms with Crippen LogP contribution in [0.5, 0.6) is 0 Å². The highest BCUT2D eigenvalue weighted by Crippen LogP contribution is 2.27. The lowest BCUT2D eigenvalue weighted by Crippen LogP contribution is -2.13. The van der Waals surface area contributed by atoms with Gasteiger partial charge in [0, 0.05) is 5.56 Å². The molecule has 1 aromatic carbocycles. The van der Waals surface area contributed by atoms with Gasteiger partial charge in [0.05, 0.1) is 4.90 Å². The summed E-state index contributed by atoms with van der Waals surface area (Å²) in [6.07, 6.45) is 0. The first kappa shape index (κ1) is 10.4. The average Bonchev–Trinajstić information content (AvgIpc) is 2.69. The van der Waals surface area contributed by atoms with E-state index in [9.17, 15) is 8.42 Å².